The Morgan fingerprint density at radius 3 is 3.00 bits per heavy atom. The largest absolute Gasteiger partial charge is 0.331 e. The van der Waals surface area contributed by atoms with Gasteiger partial charge in [-0.05, 0) is 54.8 Å². The predicted molar refractivity (Wildman–Crippen MR) is 75.8 cm³/mol. The first-order chi connectivity index (χ1) is 8.74. The lowest BCUT2D eigenvalue weighted by atomic mass is 9.95. The Balaban J connectivity index is 1.95. The van der Waals surface area contributed by atoms with Gasteiger partial charge >= 0.3 is 0 Å². The summed E-state index contributed by atoms with van der Waals surface area (Å²) < 4.78 is 3.27. The Bertz CT molecular complexity index is 726. The van der Waals surface area contributed by atoms with Crippen LogP contribution in [-0.2, 0) is 0 Å². The van der Waals surface area contributed by atoms with Crippen molar-refractivity contribution in [2.24, 2.45) is 11.8 Å². The summed E-state index contributed by atoms with van der Waals surface area (Å²) in [6.07, 6.45) is 5.03. The van der Waals surface area contributed by atoms with Gasteiger partial charge in [0.05, 0.1) is 5.52 Å². The van der Waals surface area contributed by atoms with E-state index in [-0.39, 0.29) is 5.56 Å². The molecule has 2 heterocycles. The molecule has 0 spiro atoms. The lowest BCUT2D eigenvalue weighted by Gasteiger charge is -2.23. The van der Waals surface area contributed by atoms with E-state index in [1.165, 1.54) is 30.6 Å². The molecule has 0 saturated heterocycles. The number of hydrogen-bond acceptors (Lipinski definition) is 3. The molecule has 0 aromatic carbocycles. The number of nitrogens with one attached hydrogen (secondary N) is 1. The summed E-state index contributed by atoms with van der Waals surface area (Å²) in [5.41, 5.74) is 0.996. The van der Waals surface area contributed by atoms with Crippen molar-refractivity contribution in [1.82, 2.24) is 9.55 Å². The van der Waals surface area contributed by atoms with Crippen molar-refractivity contribution in [3.05, 3.63) is 26.6 Å². The van der Waals surface area contributed by atoms with Crippen molar-refractivity contribution in [3.63, 3.8) is 0 Å². The highest BCUT2D eigenvalue weighted by atomic mass is 32.1. The normalized spacial score (nSPS) is 30.3. The van der Waals surface area contributed by atoms with Crippen molar-refractivity contribution in [2.45, 2.75) is 31.7 Å². The number of aromatic nitrogens is 2. The lowest BCUT2D eigenvalue weighted by Crippen LogP contribution is -2.29. The van der Waals surface area contributed by atoms with Crippen LogP contribution < -0.4 is 5.56 Å². The van der Waals surface area contributed by atoms with Crippen molar-refractivity contribution >= 4 is 33.8 Å². The van der Waals surface area contributed by atoms with E-state index in [2.05, 4.69) is 4.98 Å². The van der Waals surface area contributed by atoms with Crippen molar-refractivity contribution in [3.8, 4) is 0 Å². The quantitative estimate of drug-likeness (QED) is 0.811. The standard InChI is InChI=1S/C13H14N2OS2/c16-12-11-9(3-4-18-11)14-13(17)15(12)10-6-7-1-2-8(10)5-7/h3-4,7-8,10H,1-2,5-6H2,(H,14,17). The molecule has 4 rings (SSSR count). The number of aromatic amines is 1. The van der Waals surface area contributed by atoms with Gasteiger partial charge in [0.15, 0.2) is 4.77 Å². The first-order valence-electron chi connectivity index (χ1n) is 6.46. The molecule has 2 bridgehead atoms. The second-order valence-corrected chi connectivity index (χ2v) is 6.81. The van der Waals surface area contributed by atoms with E-state index in [4.69, 9.17) is 12.2 Å². The second-order valence-electron chi connectivity index (χ2n) is 5.51. The molecule has 2 aliphatic rings. The molecular weight excluding hydrogens is 264 g/mol. The molecule has 18 heavy (non-hydrogen) atoms. The summed E-state index contributed by atoms with van der Waals surface area (Å²) in [7, 11) is 0. The summed E-state index contributed by atoms with van der Waals surface area (Å²) in [4.78, 5) is 15.8. The molecular formula is C13H14N2OS2. The van der Waals surface area contributed by atoms with Gasteiger partial charge in [0.2, 0.25) is 0 Å². The average molecular weight is 278 g/mol. The van der Waals surface area contributed by atoms with Gasteiger partial charge in [-0.25, -0.2) is 0 Å². The van der Waals surface area contributed by atoms with E-state index >= 15 is 0 Å². The van der Waals surface area contributed by atoms with E-state index < -0.39 is 0 Å². The van der Waals surface area contributed by atoms with Gasteiger partial charge in [0, 0.05) is 6.04 Å². The fourth-order valence-corrected chi connectivity index (χ4v) is 4.89. The van der Waals surface area contributed by atoms with Crippen LogP contribution in [0.5, 0.6) is 0 Å². The second kappa shape index (κ2) is 3.78. The minimum Gasteiger partial charge on any atom is -0.331 e. The van der Waals surface area contributed by atoms with Gasteiger partial charge in [0.1, 0.15) is 4.70 Å². The summed E-state index contributed by atoms with van der Waals surface area (Å²) in [5.74, 6) is 1.49. The molecule has 2 aromatic rings. The third kappa shape index (κ3) is 1.40. The van der Waals surface area contributed by atoms with E-state index in [1.807, 2.05) is 16.0 Å². The van der Waals surface area contributed by atoms with Gasteiger partial charge in [-0.1, -0.05) is 6.42 Å². The summed E-state index contributed by atoms with van der Waals surface area (Å²) >= 11 is 6.90. The van der Waals surface area contributed by atoms with Crippen LogP contribution in [0.15, 0.2) is 16.2 Å². The topological polar surface area (TPSA) is 37.8 Å². The van der Waals surface area contributed by atoms with Crippen molar-refractivity contribution in [1.29, 1.82) is 0 Å². The zero-order valence-corrected chi connectivity index (χ0v) is 11.5. The molecule has 2 fully saturated rings. The molecule has 2 aliphatic carbocycles. The van der Waals surface area contributed by atoms with Crippen molar-refractivity contribution in [2.75, 3.05) is 0 Å². The molecule has 2 aromatic heterocycles. The third-order valence-corrected chi connectivity index (χ3v) is 5.77. The summed E-state index contributed by atoms with van der Waals surface area (Å²) in [6.45, 7) is 0. The predicted octanol–water partition coefficient (Wildman–Crippen LogP) is 3.48. The number of rotatable bonds is 1. The van der Waals surface area contributed by atoms with Crippen LogP contribution in [0.3, 0.4) is 0 Å². The first kappa shape index (κ1) is 10.9. The maximum absolute atomic E-state index is 12.6. The minimum atomic E-state index is 0.112. The molecule has 0 amide bonds. The van der Waals surface area contributed by atoms with Gasteiger partial charge in [-0.15, -0.1) is 11.3 Å². The maximum atomic E-state index is 12.6. The number of fused-ring (bicyclic) bond motifs is 3. The van der Waals surface area contributed by atoms with E-state index in [9.17, 15) is 4.79 Å². The first-order valence-corrected chi connectivity index (χ1v) is 7.75. The molecule has 94 valence electrons. The Morgan fingerprint density at radius 1 is 1.39 bits per heavy atom. The fraction of sp³-hybridized carbons (Fsp3) is 0.538. The number of thiophene rings is 1. The van der Waals surface area contributed by atoms with Crippen LogP contribution in [-0.4, -0.2) is 9.55 Å². The zero-order chi connectivity index (χ0) is 12.3. The molecule has 3 nitrogen and oxygen atoms in total. The SMILES string of the molecule is O=c1c2sccc2[nH]c(=S)n1C1CC2CCC1C2. The van der Waals surface area contributed by atoms with Gasteiger partial charge in [-0.2, -0.15) is 0 Å². The van der Waals surface area contributed by atoms with E-state index in [1.54, 1.807) is 0 Å². The average Bonchev–Trinajstić information content (AvgIpc) is 3.02. The number of H-pyrrole nitrogens is 1. The molecule has 0 aliphatic heterocycles. The summed E-state index contributed by atoms with van der Waals surface area (Å²) in [6, 6.07) is 2.27. The fourth-order valence-electron chi connectivity index (χ4n) is 3.78. The van der Waals surface area contributed by atoms with Gasteiger partial charge < -0.3 is 4.98 Å². The number of nitrogens with zero attached hydrogens (tertiary/aromatic N) is 1. The highest BCUT2D eigenvalue weighted by Crippen LogP contribution is 2.50. The molecule has 2 saturated carbocycles. The minimum absolute atomic E-state index is 0.112. The highest BCUT2D eigenvalue weighted by molar-refractivity contribution is 7.71. The zero-order valence-electron chi connectivity index (χ0n) is 9.89. The lowest BCUT2D eigenvalue weighted by molar-refractivity contribution is 0.319. The van der Waals surface area contributed by atoms with Gasteiger partial charge in [0.25, 0.3) is 5.56 Å². The van der Waals surface area contributed by atoms with E-state index in [0.29, 0.717) is 16.7 Å². The molecule has 5 heteroatoms. The Hall–Kier alpha value is -0.940. The molecule has 3 unspecified atom stereocenters. The number of hydrogen-bond donors (Lipinski definition) is 1. The Kier molecular flexibility index (Phi) is 2.29. The third-order valence-electron chi connectivity index (χ3n) is 4.57. The van der Waals surface area contributed by atoms with Crippen LogP contribution in [0.1, 0.15) is 31.7 Å². The highest BCUT2D eigenvalue weighted by Gasteiger charge is 2.41. The molecule has 0 radical (unpaired) electrons. The molecule has 3 atom stereocenters. The maximum Gasteiger partial charge on any atom is 0.272 e. The van der Waals surface area contributed by atoms with Crippen LogP contribution in [0.25, 0.3) is 10.2 Å². The monoisotopic (exact) mass is 278 g/mol. The van der Waals surface area contributed by atoms with Crippen LogP contribution >= 0.6 is 23.6 Å². The van der Waals surface area contributed by atoms with Crippen molar-refractivity contribution < 1.29 is 0 Å². The summed E-state index contributed by atoms with van der Waals surface area (Å²) in [5, 5.41) is 1.95. The van der Waals surface area contributed by atoms with Gasteiger partial charge in [-0.3, -0.25) is 9.36 Å². The molecule has 1 N–H and O–H groups in total. The van der Waals surface area contributed by atoms with Crippen LogP contribution in [0, 0.1) is 16.6 Å². The van der Waals surface area contributed by atoms with E-state index in [0.717, 1.165) is 22.6 Å². The van der Waals surface area contributed by atoms with Crippen LogP contribution in [0.4, 0.5) is 0 Å². The Labute approximate surface area is 113 Å². The Morgan fingerprint density at radius 2 is 2.28 bits per heavy atom. The van der Waals surface area contributed by atoms with Crippen LogP contribution in [0.2, 0.25) is 0 Å². The smallest absolute Gasteiger partial charge is 0.272 e.